The van der Waals surface area contributed by atoms with Gasteiger partial charge in [0.15, 0.2) is 0 Å². The molecule has 0 bridgehead atoms. The van der Waals surface area contributed by atoms with Crippen LogP contribution in [0.1, 0.15) is 58.5 Å². The van der Waals surface area contributed by atoms with E-state index in [1.54, 1.807) is 16.8 Å². The third-order valence-corrected chi connectivity index (χ3v) is 5.81. The second-order valence-corrected chi connectivity index (χ2v) is 8.13. The Morgan fingerprint density at radius 2 is 1.79 bits per heavy atom. The van der Waals surface area contributed by atoms with Gasteiger partial charge in [-0.1, -0.05) is 48.8 Å². The molecule has 174 valence electrons. The van der Waals surface area contributed by atoms with Gasteiger partial charge in [0, 0.05) is 23.2 Å². The number of ketones is 1. The van der Waals surface area contributed by atoms with Gasteiger partial charge in [-0.15, -0.1) is 0 Å². The van der Waals surface area contributed by atoms with Crippen LogP contribution in [0.3, 0.4) is 0 Å². The molecule has 0 saturated heterocycles. The van der Waals surface area contributed by atoms with Gasteiger partial charge in [-0.25, -0.2) is 9.48 Å². The van der Waals surface area contributed by atoms with Crippen LogP contribution < -0.4 is 5.73 Å². The molecular weight excluding hydrogens is 432 g/mol. The van der Waals surface area contributed by atoms with E-state index >= 15 is 0 Å². The minimum Gasteiger partial charge on any atom is -0.478 e. The first kappa shape index (κ1) is 23.0. The number of nitrogen functional groups attached to an aromatic ring is 1. The zero-order chi connectivity index (χ0) is 24.4. The zero-order valence-electron chi connectivity index (χ0n) is 19.3. The average Bonchev–Trinajstić information content (AvgIpc) is 3.37. The number of nitrogens with zero attached hydrogens (tertiary/aromatic N) is 3. The number of benzene rings is 2. The summed E-state index contributed by atoms with van der Waals surface area (Å²) in [6.45, 7) is 5.73. The minimum absolute atomic E-state index is 0.0304. The molecule has 8 nitrogen and oxygen atoms in total. The highest BCUT2D eigenvalue weighted by Crippen LogP contribution is 2.41. The summed E-state index contributed by atoms with van der Waals surface area (Å²) in [5.41, 5.74) is 10.0. The number of aromatic nitrogens is 3. The van der Waals surface area contributed by atoms with Crippen LogP contribution in [-0.4, -0.2) is 31.8 Å². The van der Waals surface area contributed by atoms with E-state index in [0.29, 0.717) is 28.9 Å². The fraction of sp³-hybridized carbons (Fsp3) is 0.231. The van der Waals surface area contributed by atoms with Crippen LogP contribution in [0.2, 0.25) is 0 Å². The summed E-state index contributed by atoms with van der Waals surface area (Å²) in [7, 11) is 0. The van der Waals surface area contributed by atoms with Crippen molar-refractivity contribution in [3.05, 3.63) is 71.2 Å². The molecule has 0 radical (unpaired) electrons. The van der Waals surface area contributed by atoms with Gasteiger partial charge in [0.1, 0.15) is 5.69 Å². The first-order valence-electron chi connectivity index (χ1n) is 11.1. The number of unbranched alkanes of at least 4 members (excludes halogenated alkanes) is 1. The maximum Gasteiger partial charge on any atom is 0.338 e. The van der Waals surface area contributed by atoms with E-state index in [9.17, 15) is 14.7 Å². The first-order valence-corrected chi connectivity index (χ1v) is 11.1. The summed E-state index contributed by atoms with van der Waals surface area (Å²) in [6, 6.07) is 14.4. The van der Waals surface area contributed by atoms with Gasteiger partial charge in [-0.2, -0.15) is 5.10 Å². The molecule has 8 heteroatoms. The molecule has 34 heavy (non-hydrogen) atoms. The highest BCUT2D eigenvalue weighted by molar-refractivity contribution is 6.09. The molecular formula is C26H26N4O4. The maximum absolute atomic E-state index is 13.1. The van der Waals surface area contributed by atoms with E-state index in [2.05, 4.69) is 10.3 Å². The molecule has 2 aromatic carbocycles. The Bertz CT molecular complexity index is 1370. The fourth-order valence-electron chi connectivity index (χ4n) is 4.17. The lowest BCUT2D eigenvalue weighted by Gasteiger charge is -2.10. The minimum atomic E-state index is -1.19. The lowest BCUT2D eigenvalue weighted by molar-refractivity contribution is 0.0698. The van der Waals surface area contributed by atoms with Crippen molar-refractivity contribution in [3.63, 3.8) is 0 Å². The van der Waals surface area contributed by atoms with Crippen molar-refractivity contribution < 1.29 is 19.2 Å². The van der Waals surface area contributed by atoms with Gasteiger partial charge in [0.25, 0.3) is 0 Å². The highest BCUT2D eigenvalue weighted by Gasteiger charge is 2.31. The molecule has 0 amide bonds. The smallest absolute Gasteiger partial charge is 0.338 e. The number of carboxylic acid groups (broad SMARTS) is 1. The lowest BCUT2D eigenvalue weighted by Crippen LogP contribution is -2.07. The average molecular weight is 459 g/mol. The first-order chi connectivity index (χ1) is 16.3. The fourth-order valence-corrected chi connectivity index (χ4v) is 4.17. The van der Waals surface area contributed by atoms with E-state index in [-0.39, 0.29) is 34.8 Å². The van der Waals surface area contributed by atoms with Crippen LogP contribution in [-0.2, 0) is 0 Å². The molecule has 4 rings (SSSR count). The van der Waals surface area contributed by atoms with E-state index in [1.165, 1.54) is 6.07 Å². The largest absolute Gasteiger partial charge is 0.478 e. The highest BCUT2D eigenvalue weighted by atomic mass is 16.5. The summed E-state index contributed by atoms with van der Waals surface area (Å²) in [5, 5.41) is 18.9. The number of aryl methyl sites for hydroxylation is 1. The van der Waals surface area contributed by atoms with Crippen molar-refractivity contribution in [2.24, 2.45) is 0 Å². The monoisotopic (exact) mass is 458 g/mol. The molecule has 2 aromatic heterocycles. The Morgan fingerprint density at radius 3 is 2.47 bits per heavy atom. The van der Waals surface area contributed by atoms with Crippen molar-refractivity contribution in [1.82, 2.24) is 14.9 Å². The van der Waals surface area contributed by atoms with Crippen LogP contribution in [0.15, 0.2) is 53.1 Å². The number of carbonyl (C=O) groups is 2. The molecule has 4 aromatic rings. The van der Waals surface area contributed by atoms with E-state index in [4.69, 9.17) is 10.3 Å². The van der Waals surface area contributed by atoms with E-state index < -0.39 is 5.97 Å². The molecule has 0 aliphatic rings. The molecule has 0 fully saturated rings. The van der Waals surface area contributed by atoms with E-state index in [0.717, 1.165) is 17.8 Å². The van der Waals surface area contributed by atoms with Crippen LogP contribution in [0.4, 0.5) is 5.69 Å². The number of hydrogen-bond donors (Lipinski definition) is 2. The molecule has 3 N–H and O–H groups in total. The van der Waals surface area contributed by atoms with Crippen molar-refractivity contribution in [2.45, 2.75) is 40.0 Å². The third kappa shape index (κ3) is 3.98. The summed E-state index contributed by atoms with van der Waals surface area (Å²) in [4.78, 5) is 25.2. The molecule has 2 heterocycles. The number of para-hydroxylation sites is 1. The van der Waals surface area contributed by atoms with Crippen LogP contribution in [0, 0.1) is 13.8 Å². The Kier molecular flexibility index (Phi) is 6.32. The molecule has 0 unspecified atom stereocenters. The lowest BCUT2D eigenvalue weighted by atomic mass is 9.92. The Labute approximate surface area is 197 Å². The van der Waals surface area contributed by atoms with Crippen LogP contribution in [0.5, 0.6) is 0 Å². The number of rotatable bonds is 8. The van der Waals surface area contributed by atoms with Gasteiger partial charge in [-0.3, -0.25) is 4.79 Å². The summed E-state index contributed by atoms with van der Waals surface area (Å²) in [6.07, 6.45) is 1.79. The normalized spacial score (nSPS) is 11.0. The second-order valence-electron chi connectivity index (χ2n) is 8.13. The van der Waals surface area contributed by atoms with Gasteiger partial charge in [0.2, 0.25) is 11.5 Å². The van der Waals surface area contributed by atoms with Crippen LogP contribution >= 0.6 is 0 Å². The molecule has 0 spiro atoms. The molecule has 0 saturated carbocycles. The topological polar surface area (TPSA) is 124 Å². The SMILES string of the molecule is CCCCC(=O)c1onc(-c2c(C)nn(-c3ccccc3)c2C)c1-c1cccc(N)c1C(=O)O. The van der Waals surface area contributed by atoms with Gasteiger partial charge in [0.05, 0.1) is 28.2 Å². The van der Waals surface area contributed by atoms with Crippen molar-refractivity contribution in [1.29, 1.82) is 0 Å². The number of nitrogens with two attached hydrogens (primary N) is 1. The molecule has 0 aliphatic heterocycles. The number of carbonyl (C=O) groups excluding carboxylic acids is 1. The Balaban J connectivity index is 2.00. The number of hydrogen-bond acceptors (Lipinski definition) is 6. The van der Waals surface area contributed by atoms with Crippen LogP contribution in [0.25, 0.3) is 28.1 Å². The second kappa shape index (κ2) is 9.35. The number of aromatic carboxylic acids is 1. The molecule has 0 aliphatic carbocycles. The number of anilines is 1. The van der Waals surface area contributed by atoms with Crippen molar-refractivity contribution in [2.75, 3.05) is 5.73 Å². The molecule has 0 atom stereocenters. The Morgan fingerprint density at radius 1 is 1.06 bits per heavy atom. The third-order valence-electron chi connectivity index (χ3n) is 5.81. The van der Waals surface area contributed by atoms with Gasteiger partial charge < -0.3 is 15.4 Å². The predicted octanol–water partition coefficient (Wildman–Crippen LogP) is 5.46. The zero-order valence-corrected chi connectivity index (χ0v) is 19.3. The number of Topliss-reactive ketones (excluding diaryl/α,β-unsaturated/α-hetero) is 1. The van der Waals surface area contributed by atoms with Crippen molar-refractivity contribution in [3.8, 4) is 28.1 Å². The van der Waals surface area contributed by atoms with Crippen molar-refractivity contribution >= 4 is 17.4 Å². The van der Waals surface area contributed by atoms with Gasteiger partial charge >= 0.3 is 5.97 Å². The predicted molar refractivity (Wildman–Crippen MR) is 129 cm³/mol. The number of carboxylic acids is 1. The standard InChI is InChI=1S/C26H26N4O4/c1-4-5-14-20(31)25-23(18-12-9-13-19(27)22(18)26(32)33)24(29-34-25)21-15(2)28-30(16(21)3)17-10-7-6-8-11-17/h6-13H,4-5,14,27H2,1-3H3,(H,32,33). The quantitative estimate of drug-likeness (QED) is 0.265. The summed E-state index contributed by atoms with van der Waals surface area (Å²) >= 11 is 0. The summed E-state index contributed by atoms with van der Waals surface area (Å²) < 4.78 is 7.38. The Hall–Kier alpha value is -4.20. The maximum atomic E-state index is 13.1. The summed E-state index contributed by atoms with van der Waals surface area (Å²) in [5.74, 6) is -1.40. The van der Waals surface area contributed by atoms with Gasteiger partial charge in [-0.05, 0) is 38.5 Å². The van der Waals surface area contributed by atoms with E-state index in [1.807, 2.05) is 51.1 Å².